The highest BCUT2D eigenvalue weighted by Crippen LogP contribution is 2.14. The fourth-order valence-corrected chi connectivity index (χ4v) is 1.44. The summed E-state index contributed by atoms with van der Waals surface area (Å²) >= 11 is 0. The summed E-state index contributed by atoms with van der Waals surface area (Å²) in [5.74, 6) is -0.943. The van der Waals surface area contributed by atoms with Crippen molar-refractivity contribution in [3.8, 4) is 0 Å². The van der Waals surface area contributed by atoms with Gasteiger partial charge in [0.1, 0.15) is 0 Å². The summed E-state index contributed by atoms with van der Waals surface area (Å²) in [7, 11) is 1.85. The smallest absolute Gasteiger partial charge is 0.328 e. The Morgan fingerprint density at radius 1 is 1.53 bits per heavy atom. The van der Waals surface area contributed by atoms with Gasteiger partial charge in [0, 0.05) is 24.7 Å². The van der Waals surface area contributed by atoms with Gasteiger partial charge in [-0.3, -0.25) is 4.68 Å². The van der Waals surface area contributed by atoms with Gasteiger partial charge in [-0.1, -0.05) is 6.07 Å². The maximum atomic E-state index is 10.3. The third-order valence-corrected chi connectivity index (χ3v) is 2.06. The molecule has 0 saturated carbocycles. The van der Waals surface area contributed by atoms with Crippen molar-refractivity contribution in [2.75, 3.05) is 0 Å². The number of nitrogens with zero attached hydrogens (tertiary/aromatic N) is 2. The van der Waals surface area contributed by atoms with Crippen LogP contribution < -0.4 is 0 Å². The van der Waals surface area contributed by atoms with Crippen molar-refractivity contribution in [3.05, 3.63) is 36.0 Å². The molecule has 0 spiro atoms. The summed E-state index contributed by atoms with van der Waals surface area (Å²) in [6, 6.07) is 5.62. The molecule has 0 fully saturated rings. The topological polar surface area (TPSA) is 55.1 Å². The van der Waals surface area contributed by atoms with E-state index < -0.39 is 5.97 Å². The quantitative estimate of drug-likeness (QED) is 0.753. The van der Waals surface area contributed by atoms with Crippen molar-refractivity contribution >= 4 is 22.9 Å². The monoisotopic (exact) mass is 202 g/mol. The second kappa shape index (κ2) is 3.57. The van der Waals surface area contributed by atoms with Crippen molar-refractivity contribution in [2.45, 2.75) is 0 Å². The van der Waals surface area contributed by atoms with Crippen molar-refractivity contribution < 1.29 is 9.90 Å². The van der Waals surface area contributed by atoms with Crippen LogP contribution in [0.15, 0.2) is 30.5 Å². The minimum Gasteiger partial charge on any atom is -0.478 e. The summed E-state index contributed by atoms with van der Waals surface area (Å²) in [4.78, 5) is 10.3. The fraction of sp³-hybridized carbons (Fsp3) is 0.0909. The van der Waals surface area contributed by atoms with Crippen LogP contribution in [0.4, 0.5) is 0 Å². The van der Waals surface area contributed by atoms with E-state index in [9.17, 15) is 4.79 Å². The maximum absolute atomic E-state index is 10.3. The predicted molar refractivity (Wildman–Crippen MR) is 57.4 cm³/mol. The van der Waals surface area contributed by atoms with E-state index in [2.05, 4.69) is 5.10 Å². The van der Waals surface area contributed by atoms with Crippen LogP contribution in [0.2, 0.25) is 0 Å². The van der Waals surface area contributed by atoms with Crippen LogP contribution in [-0.4, -0.2) is 20.9 Å². The zero-order chi connectivity index (χ0) is 10.8. The molecule has 2 rings (SSSR count). The first-order chi connectivity index (χ1) is 7.15. The molecule has 0 radical (unpaired) electrons. The number of aliphatic carboxylic acids is 1. The van der Waals surface area contributed by atoms with Crippen LogP contribution in [0, 0.1) is 0 Å². The van der Waals surface area contributed by atoms with Gasteiger partial charge in [0.25, 0.3) is 0 Å². The van der Waals surface area contributed by atoms with Gasteiger partial charge in [-0.2, -0.15) is 5.10 Å². The SMILES string of the molecule is Cn1cc2cc(/C=C\C(=O)O)ccc2n1. The van der Waals surface area contributed by atoms with E-state index in [4.69, 9.17) is 5.11 Å². The number of hydrogen-bond donors (Lipinski definition) is 1. The number of benzene rings is 1. The van der Waals surface area contributed by atoms with Crippen LogP contribution in [0.1, 0.15) is 5.56 Å². The lowest BCUT2D eigenvalue weighted by Crippen LogP contribution is -1.85. The maximum Gasteiger partial charge on any atom is 0.328 e. The first-order valence-corrected chi connectivity index (χ1v) is 4.49. The Hall–Kier alpha value is -2.10. The molecular formula is C11H10N2O2. The first-order valence-electron chi connectivity index (χ1n) is 4.49. The highest BCUT2D eigenvalue weighted by Gasteiger charge is 1.98. The van der Waals surface area contributed by atoms with Gasteiger partial charge in [-0.25, -0.2) is 4.79 Å². The minimum atomic E-state index is -0.943. The van der Waals surface area contributed by atoms with Gasteiger partial charge >= 0.3 is 5.97 Å². The summed E-state index contributed by atoms with van der Waals surface area (Å²) in [6.07, 6.45) is 4.58. The van der Waals surface area contributed by atoms with E-state index in [1.807, 2.05) is 31.4 Å². The summed E-state index contributed by atoms with van der Waals surface area (Å²) < 4.78 is 1.73. The summed E-state index contributed by atoms with van der Waals surface area (Å²) in [5.41, 5.74) is 1.77. The van der Waals surface area contributed by atoms with Crippen LogP contribution in [0.5, 0.6) is 0 Å². The number of aryl methyl sites for hydroxylation is 1. The van der Waals surface area contributed by atoms with Gasteiger partial charge in [0.2, 0.25) is 0 Å². The van der Waals surface area contributed by atoms with Crippen LogP contribution in [0.25, 0.3) is 17.0 Å². The van der Waals surface area contributed by atoms with E-state index >= 15 is 0 Å². The first kappa shape index (κ1) is 9.45. The number of hydrogen-bond acceptors (Lipinski definition) is 2. The molecule has 1 N–H and O–H groups in total. The number of fused-ring (bicyclic) bond motifs is 1. The second-order valence-corrected chi connectivity index (χ2v) is 3.29. The van der Waals surface area contributed by atoms with E-state index in [0.717, 1.165) is 22.5 Å². The number of carbonyl (C=O) groups is 1. The highest BCUT2D eigenvalue weighted by atomic mass is 16.4. The standard InChI is InChI=1S/C11H10N2O2/c1-13-7-9-6-8(3-5-11(14)15)2-4-10(9)12-13/h2-7H,1H3,(H,14,15)/b5-3-. The lowest BCUT2D eigenvalue weighted by molar-refractivity contribution is -0.131. The lowest BCUT2D eigenvalue weighted by Gasteiger charge is -1.91. The molecule has 76 valence electrons. The molecule has 1 aromatic heterocycles. The van der Waals surface area contributed by atoms with Crippen LogP contribution in [0.3, 0.4) is 0 Å². The number of carboxylic acid groups (broad SMARTS) is 1. The molecule has 1 aromatic carbocycles. The van der Waals surface area contributed by atoms with Crippen molar-refractivity contribution in [1.29, 1.82) is 0 Å². The third kappa shape index (κ3) is 2.04. The Kier molecular flexibility index (Phi) is 2.25. The molecule has 2 aromatic rings. The normalized spacial score (nSPS) is 11.3. The molecule has 0 amide bonds. The Balaban J connectivity index is 2.42. The molecule has 0 saturated heterocycles. The van der Waals surface area contributed by atoms with Gasteiger partial charge in [0.05, 0.1) is 5.52 Å². The molecular weight excluding hydrogens is 192 g/mol. The molecule has 0 atom stereocenters. The van der Waals surface area contributed by atoms with E-state index in [1.54, 1.807) is 10.8 Å². The lowest BCUT2D eigenvalue weighted by atomic mass is 10.1. The van der Waals surface area contributed by atoms with Crippen molar-refractivity contribution in [2.24, 2.45) is 7.05 Å². The Morgan fingerprint density at radius 2 is 2.33 bits per heavy atom. The van der Waals surface area contributed by atoms with E-state index in [-0.39, 0.29) is 0 Å². The fourth-order valence-electron chi connectivity index (χ4n) is 1.44. The van der Waals surface area contributed by atoms with Gasteiger partial charge in [0.15, 0.2) is 0 Å². The van der Waals surface area contributed by atoms with Crippen LogP contribution >= 0.6 is 0 Å². The number of rotatable bonds is 2. The van der Waals surface area contributed by atoms with Gasteiger partial charge in [-0.05, 0) is 23.8 Å². The second-order valence-electron chi connectivity index (χ2n) is 3.29. The molecule has 0 unspecified atom stereocenters. The zero-order valence-electron chi connectivity index (χ0n) is 8.21. The Labute approximate surface area is 86.4 Å². The van der Waals surface area contributed by atoms with Crippen molar-refractivity contribution in [3.63, 3.8) is 0 Å². The Morgan fingerprint density at radius 3 is 3.07 bits per heavy atom. The molecule has 0 aliphatic carbocycles. The predicted octanol–water partition coefficient (Wildman–Crippen LogP) is 1.67. The minimum absolute atomic E-state index is 0.859. The largest absolute Gasteiger partial charge is 0.478 e. The highest BCUT2D eigenvalue weighted by molar-refractivity contribution is 5.87. The molecule has 1 heterocycles. The number of aromatic nitrogens is 2. The van der Waals surface area contributed by atoms with Gasteiger partial charge < -0.3 is 5.11 Å². The molecule has 0 bridgehead atoms. The van der Waals surface area contributed by atoms with E-state index in [0.29, 0.717) is 0 Å². The molecule has 4 heteroatoms. The average molecular weight is 202 g/mol. The molecule has 0 aliphatic heterocycles. The molecule has 4 nitrogen and oxygen atoms in total. The summed E-state index contributed by atoms with van der Waals surface area (Å²) in [6.45, 7) is 0. The Bertz CT molecular complexity index is 541. The molecule has 0 aliphatic rings. The van der Waals surface area contributed by atoms with Crippen LogP contribution in [-0.2, 0) is 11.8 Å². The molecule has 15 heavy (non-hydrogen) atoms. The number of carboxylic acids is 1. The van der Waals surface area contributed by atoms with Crippen molar-refractivity contribution in [1.82, 2.24) is 9.78 Å². The average Bonchev–Trinajstić information content (AvgIpc) is 2.53. The van der Waals surface area contributed by atoms with E-state index in [1.165, 1.54) is 0 Å². The summed E-state index contributed by atoms with van der Waals surface area (Å²) in [5, 5.41) is 13.7. The zero-order valence-corrected chi connectivity index (χ0v) is 8.21. The third-order valence-electron chi connectivity index (χ3n) is 2.06. The van der Waals surface area contributed by atoms with Gasteiger partial charge in [-0.15, -0.1) is 0 Å².